The molecule has 0 atom stereocenters. The summed E-state index contributed by atoms with van der Waals surface area (Å²) >= 11 is 1.76. The summed E-state index contributed by atoms with van der Waals surface area (Å²) in [4.78, 5) is 11.8. The molecule has 0 radical (unpaired) electrons. The van der Waals surface area contributed by atoms with Crippen molar-refractivity contribution in [3.63, 3.8) is 0 Å². The van der Waals surface area contributed by atoms with Crippen LogP contribution in [-0.2, 0) is 17.6 Å². The highest BCUT2D eigenvalue weighted by Crippen LogP contribution is 2.08. The molecule has 0 aliphatic heterocycles. The lowest BCUT2D eigenvalue weighted by Gasteiger charge is -2.06. The number of unbranched alkanes of at least 4 members (excludes halogenated alkanes) is 1. The summed E-state index contributed by atoms with van der Waals surface area (Å²) in [6, 6.07) is 8.37. The van der Waals surface area contributed by atoms with Crippen LogP contribution >= 0.6 is 11.8 Å². The van der Waals surface area contributed by atoms with Crippen molar-refractivity contribution in [3.05, 3.63) is 35.4 Å². The minimum Gasteiger partial charge on any atom is -0.396 e. The highest BCUT2D eigenvalue weighted by molar-refractivity contribution is 7.99. The predicted octanol–water partition coefficient (Wildman–Crippen LogP) is 2.80. The third kappa shape index (κ3) is 8.79. The molecule has 0 fully saturated rings. The molecule has 3 nitrogen and oxygen atoms in total. The van der Waals surface area contributed by atoms with Gasteiger partial charge in [0.05, 0.1) is 6.42 Å². The van der Waals surface area contributed by atoms with Crippen molar-refractivity contribution < 1.29 is 9.90 Å². The van der Waals surface area contributed by atoms with E-state index in [4.69, 9.17) is 5.11 Å². The van der Waals surface area contributed by atoms with Gasteiger partial charge in [0.1, 0.15) is 0 Å². The Kier molecular flexibility index (Phi) is 10.0. The third-order valence-electron chi connectivity index (χ3n) is 3.22. The van der Waals surface area contributed by atoms with Crippen LogP contribution in [0.25, 0.3) is 0 Å². The average Bonchev–Trinajstić information content (AvgIpc) is 2.50. The summed E-state index contributed by atoms with van der Waals surface area (Å²) in [5, 5.41) is 11.6. The Labute approximate surface area is 132 Å². The van der Waals surface area contributed by atoms with Gasteiger partial charge in [0, 0.05) is 18.9 Å². The fraction of sp³-hybridized carbons (Fsp3) is 0.588. The Balaban J connectivity index is 2.18. The van der Waals surface area contributed by atoms with E-state index in [0.717, 1.165) is 29.9 Å². The Morgan fingerprint density at radius 1 is 1.14 bits per heavy atom. The van der Waals surface area contributed by atoms with Gasteiger partial charge in [-0.2, -0.15) is 11.8 Å². The first-order chi connectivity index (χ1) is 10.3. The van der Waals surface area contributed by atoms with Crippen LogP contribution in [0.2, 0.25) is 0 Å². The second kappa shape index (κ2) is 11.6. The number of carbonyl (C=O) groups excluding carboxylic acids is 1. The minimum absolute atomic E-state index is 0.0825. The number of thioether (sulfide) groups is 1. The molecule has 118 valence electrons. The van der Waals surface area contributed by atoms with Crippen LogP contribution in [-0.4, -0.2) is 35.7 Å². The number of aliphatic hydroxyl groups is 1. The van der Waals surface area contributed by atoms with Crippen molar-refractivity contribution in [2.45, 2.75) is 39.0 Å². The number of aliphatic hydroxyl groups excluding tert-OH is 1. The Morgan fingerprint density at radius 2 is 1.86 bits per heavy atom. The number of nitrogens with one attached hydrogen (secondary N) is 1. The smallest absolute Gasteiger partial charge is 0.224 e. The van der Waals surface area contributed by atoms with Gasteiger partial charge in [-0.05, 0) is 36.1 Å². The van der Waals surface area contributed by atoms with Crippen molar-refractivity contribution in [3.8, 4) is 0 Å². The van der Waals surface area contributed by atoms with Crippen molar-refractivity contribution in [1.29, 1.82) is 0 Å². The lowest BCUT2D eigenvalue weighted by Crippen LogP contribution is -2.27. The Morgan fingerprint density at radius 3 is 2.52 bits per heavy atom. The van der Waals surface area contributed by atoms with Gasteiger partial charge in [-0.25, -0.2) is 0 Å². The minimum atomic E-state index is 0.0825. The number of benzene rings is 1. The van der Waals surface area contributed by atoms with Gasteiger partial charge in [0.15, 0.2) is 0 Å². The molecule has 1 aromatic rings. The van der Waals surface area contributed by atoms with Crippen LogP contribution < -0.4 is 5.32 Å². The number of carbonyl (C=O) groups is 1. The molecule has 1 rings (SSSR count). The van der Waals surface area contributed by atoms with E-state index in [1.165, 1.54) is 18.4 Å². The number of amides is 1. The van der Waals surface area contributed by atoms with Gasteiger partial charge in [-0.3, -0.25) is 4.79 Å². The molecule has 2 N–H and O–H groups in total. The summed E-state index contributed by atoms with van der Waals surface area (Å²) in [5.74, 6) is 1.94. The standard InChI is InChI=1S/C17H27NO2S/c1-2-3-5-15-6-8-16(9-7-15)14-17(20)18-10-13-21-12-4-11-19/h6-9,19H,2-5,10-14H2,1H3,(H,18,20). The molecular weight excluding hydrogens is 282 g/mol. The van der Waals surface area contributed by atoms with Gasteiger partial charge < -0.3 is 10.4 Å². The second-order valence-corrected chi connectivity index (χ2v) is 6.36. The van der Waals surface area contributed by atoms with Gasteiger partial charge in [-0.1, -0.05) is 37.6 Å². The van der Waals surface area contributed by atoms with Crippen molar-refractivity contribution in [1.82, 2.24) is 5.32 Å². The van der Waals surface area contributed by atoms with E-state index >= 15 is 0 Å². The van der Waals surface area contributed by atoms with E-state index in [1.807, 2.05) is 0 Å². The molecule has 21 heavy (non-hydrogen) atoms. The fourth-order valence-electron chi connectivity index (χ4n) is 1.98. The largest absolute Gasteiger partial charge is 0.396 e. The quantitative estimate of drug-likeness (QED) is 0.618. The zero-order valence-electron chi connectivity index (χ0n) is 12.9. The molecule has 0 aromatic heterocycles. The summed E-state index contributed by atoms with van der Waals surface area (Å²) < 4.78 is 0. The van der Waals surface area contributed by atoms with E-state index in [0.29, 0.717) is 13.0 Å². The van der Waals surface area contributed by atoms with Crippen molar-refractivity contribution in [2.75, 3.05) is 24.7 Å². The first kappa shape index (κ1) is 18.1. The van der Waals surface area contributed by atoms with Crippen LogP contribution in [0.5, 0.6) is 0 Å². The van der Waals surface area contributed by atoms with Crippen molar-refractivity contribution >= 4 is 17.7 Å². The molecule has 0 unspecified atom stereocenters. The molecule has 0 saturated carbocycles. The normalized spacial score (nSPS) is 10.6. The SMILES string of the molecule is CCCCc1ccc(CC(=O)NCCSCCCO)cc1. The van der Waals surface area contributed by atoms with E-state index < -0.39 is 0 Å². The third-order valence-corrected chi connectivity index (χ3v) is 4.29. The highest BCUT2D eigenvalue weighted by Gasteiger charge is 2.03. The van der Waals surface area contributed by atoms with Crippen LogP contribution in [0.15, 0.2) is 24.3 Å². The van der Waals surface area contributed by atoms with Gasteiger partial charge in [0.25, 0.3) is 0 Å². The first-order valence-electron chi connectivity index (χ1n) is 7.79. The van der Waals surface area contributed by atoms with E-state index in [-0.39, 0.29) is 12.5 Å². The van der Waals surface area contributed by atoms with Gasteiger partial charge >= 0.3 is 0 Å². The average molecular weight is 309 g/mol. The van der Waals surface area contributed by atoms with E-state index in [9.17, 15) is 4.79 Å². The summed E-state index contributed by atoms with van der Waals surface area (Å²) in [7, 11) is 0. The van der Waals surface area contributed by atoms with Gasteiger partial charge in [-0.15, -0.1) is 0 Å². The second-order valence-electron chi connectivity index (χ2n) is 5.14. The van der Waals surface area contributed by atoms with Crippen LogP contribution in [0.1, 0.15) is 37.3 Å². The number of hydrogen-bond acceptors (Lipinski definition) is 3. The Hall–Kier alpha value is -1.00. The number of rotatable bonds is 11. The first-order valence-corrected chi connectivity index (χ1v) is 8.95. The molecule has 0 aliphatic carbocycles. The molecule has 4 heteroatoms. The van der Waals surface area contributed by atoms with E-state index in [2.05, 4.69) is 36.5 Å². The maximum absolute atomic E-state index is 11.8. The molecule has 0 bridgehead atoms. The fourth-order valence-corrected chi connectivity index (χ4v) is 2.77. The number of hydrogen-bond donors (Lipinski definition) is 2. The predicted molar refractivity (Wildman–Crippen MR) is 90.8 cm³/mol. The maximum atomic E-state index is 11.8. The molecule has 0 heterocycles. The van der Waals surface area contributed by atoms with Crippen LogP contribution in [0.3, 0.4) is 0 Å². The van der Waals surface area contributed by atoms with E-state index in [1.54, 1.807) is 11.8 Å². The molecule has 0 aliphatic rings. The molecular formula is C17H27NO2S. The molecule has 1 aromatic carbocycles. The number of aryl methyl sites for hydroxylation is 1. The van der Waals surface area contributed by atoms with Crippen LogP contribution in [0, 0.1) is 0 Å². The lowest BCUT2D eigenvalue weighted by molar-refractivity contribution is -0.120. The van der Waals surface area contributed by atoms with Crippen LogP contribution in [0.4, 0.5) is 0 Å². The topological polar surface area (TPSA) is 49.3 Å². The zero-order valence-corrected chi connectivity index (χ0v) is 13.8. The summed E-state index contributed by atoms with van der Waals surface area (Å²) in [6.07, 6.45) is 4.82. The monoisotopic (exact) mass is 309 g/mol. The zero-order chi connectivity index (χ0) is 15.3. The molecule has 1 amide bonds. The Bertz CT molecular complexity index is 392. The molecule has 0 saturated heterocycles. The highest BCUT2D eigenvalue weighted by atomic mass is 32.2. The summed E-state index contributed by atoms with van der Waals surface area (Å²) in [6.45, 7) is 3.14. The van der Waals surface area contributed by atoms with Gasteiger partial charge in [0.2, 0.25) is 5.91 Å². The lowest BCUT2D eigenvalue weighted by atomic mass is 10.0. The molecule has 0 spiro atoms. The van der Waals surface area contributed by atoms with Crippen molar-refractivity contribution in [2.24, 2.45) is 0 Å². The summed E-state index contributed by atoms with van der Waals surface area (Å²) in [5.41, 5.74) is 2.42. The maximum Gasteiger partial charge on any atom is 0.224 e.